The van der Waals surface area contributed by atoms with E-state index in [4.69, 9.17) is 9.47 Å². The maximum atomic E-state index is 13.2. The summed E-state index contributed by atoms with van der Waals surface area (Å²) in [6.45, 7) is 12.5. The van der Waals surface area contributed by atoms with Crippen LogP contribution in [0.1, 0.15) is 97.6 Å². The van der Waals surface area contributed by atoms with E-state index in [1.54, 1.807) is 27.7 Å². The van der Waals surface area contributed by atoms with Gasteiger partial charge in [-0.05, 0) is 70.2 Å². The van der Waals surface area contributed by atoms with Crippen molar-refractivity contribution < 1.29 is 38.9 Å². The molecule has 2 fully saturated rings. The highest BCUT2D eigenvalue weighted by Crippen LogP contribution is 2.53. The topological polar surface area (TPSA) is 134 Å². The Kier molecular flexibility index (Phi) is 9.45. The second kappa shape index (κ2) is 13.4. The molecule has 6 atom stereocenters. The lowest BCUT2D eigenvalue weighted by Gasteiger charge is -2.34. The lowest BCUT2D eigenvalue weighted by molar-refractivity contribution is -0.134. The van der Waals surface area contributed by atoms with E-state index in [2.05, 4.69) is 6.92 Å². The lowest BCUT2D eigenvalue weighted by Crippen LogP contribution is -2.50. The molecule has 0 spiro atoms. The van der Waals surface area contributed by atoms with Crippen LogP contribution in [0.25, 0.3) is 0 Å². The average molecular weight is 725 g/mol. The number of hydrogen-bond donors (Lipinski definition) is 2. The molecule has 2 saturated heterocycles. The minimum atomic E-state index is -1.13. The van der Waals surface area contributed by atoms with E-state index in [1.807, 2.05) is 65.3 Å². The number of ketones is 4. The fourth-order valence-electron chi connectivity index (χ4n) is 9.66. The van der Waals surface area contributed by atoms with Gasteiger partial charge >= 0.3 is 0 Å². The number of aliphatic hydroxyl groups is 2. The summed E-state index contributed by atoms with van der Waals surface area (Å²) < 4.78 is 11.7. The minimum Gasteiger partial charge on any atom is -0.380 e. The summed E-state index contributed by atoms with van der Waals surface area (Å²) in [6.07, 6.45) is 3.94. The largest absolute Gasteiger partial charge is 0.380 e. The number of ether oxygens (including phenoxy) is 2. The second-order valence-electron chi connectivity index (χ2n) is 16.1. The smallest absolute Gasteiger partial charge is 0.174 e. The number of allylic oxidation sites excluding steroid dienone is 4. The number of fused-ring (bicyclic) bond motifs is 6. The Bertz CT molecular complexity index is 1950. The molecular weight excluding hydrogens is 672 g/mol. The van der Waals surface area contributed by atoms with Crippen LogP contribution in [0.3, 0.4) is 0 Å². The van der Waals surface area contributed by atoms with E-state index in [-0.39, 0.29) is 36.2 Å². The van der Waals surface area contributed by atoms with Gasteiger partial charge in [0.1, 0.15) is 22.0 Å². The molecule has 8 rings (SSSR count). The van der Waals surface area contributed by atoms with Gasteiger partial charge in [-0.2, -0.15) is 0 Å². The summed E-state index contributed by atoms with van der Waals surface area (Å²) in [7, 11) is 0. The maximum Gasteiger partial charge on any atom is 0.174 e. The number of carbonyl (C=O) groups is 4. The molecule has 4 heterocycles. The van der Waals surface area contributed by atoms with Crippen LogP contribution in [0.4, 0.5) is 11.4 Å². The normalized spacial score (nSPS) is 32.8. The van der Waals surface area contributed by atoms with E-state index >= 15 is 0 Å². The Labute approximate surface area is 311 Å². The van der Waals surface area contributed by atoms with Gasteiger partial charge in [0.25, 0.3) is 0 Å². The van der Waals surface area contributed by atoms with E-state index in [1.165, 1.54) is 0 Å². The number of rotatable bonds is 9. The van der Waals surface area contributed by atoms with Crippen molar-refractivity contribution in [1.82, 2.24) is 0 Å². The zero-order chi connectivity index (χ0) is 38.1. The van der Waals surface area contributed by atoms with Crippen molar-refractivity contribution >= 4 is 34.5 Å². The molecule has 0 radical (unpaired) electrons. The number of para-hydroxylation sites is 2. The highest BCUT2D eigenvalue weighted by molar-refractivity contribution is 6.28. The molecule has 6 aliphatic rings. The first-order chi connectivity index (χ1) is 25.2. The number of hydrogen-bond acceptors (Lipinski definition) is 10. The molecule has 4 aliphatic heterocycles. The number of nitrogens with zero attached hydrogens (tertiary/aromatic N) is 2. The van der Waals surface area contributed by atoms with Gasteiger partial charge in [0.05, 0.1) is 13.2 Å². The van der Waals surface area contributed by atoms with Crippen molar-refractivity contribution in [1.29, 1.82) is 0 Å². The second-order valence-corrected chi connectivity index (χ2v) is 16.1. The third-order valence-corrected chi connectivity index (χ3v) is 12.7. The van der Waals surface area contributed by atoms with Crippen LogP contribution in [-0.4, -0.2) is 72.1 Å². The van der Waals surface area contributed by atoms with Crippen molar-refractivity contribution in [2.45, 2.75) is 110 Å². The van der Waals surface area contributed by atoms with Crippen molar-refractivity contribution in [2.75, 3.05) is 36.1 Å². The number of unbranched alkanes of at least 4 members (excludes halogenated alkanes) is 1. The first-order valence-corrected chi connectivity index (χ1v) is 19.2. The molecule has 2 aromatic carbocycles. The van der Waals surface area contributed by atoms with Crippen molar-refractivity contribution in [2.24, 2.45) is 10.8 Å². The van der Waals surface area contributed by atoms with Gasteiger partial charge in [-0.25, -0.2) is 0 Å². The Morgan fingerprint density at radius 2 is 1.06 bits per heavy atom. The molecule has 0 aromatic heterocycles. The molecule has 0 bridgehead atoms. The summed E-state index contributed by atoms with van der Waals surface area (Å²) in [4.78, 5) is 56.2. The molecule has 2 aromatic rings. The minimum absolute atomic E-state index is 0.0654. The third-order valence-electron chi connectivity index (χ3n) is 12.7. The number of anilines is 2. The molecule has 10 nitrogen and oxygen atoms in total. The summed E-state index contributed by atoms with van der Waals surface area (Å²) >= 11 is 0. The highest BCUT2D eigenvalue weighted by Gasteiger charge is 2.60. The Balaban J connectivity index is 0.000000164. The van der Waals surface area contributed by atoms with Gasteiger partial charge in [0.15, 0.2) is 35.6 Å². The number of benzene rings is 2. The van der Waals surface area contributed by atoms with Crippen LogP contribution in [0, 0.1) is 10.8 Å². The number of Topliss-reactive ketones (excluding diaryl/α,β-unsaturated/α-hetero) is 4. The molecule has 2 aliphatic carbocycles. The van der Waals surface area contributed by atoms with Gasteiger partial charge in [-0.1, -0.05) is 63.1 Å². The lowest BCUT2D eigenvalue weighted by atomic mass is 9.82. The van der Waals surface area contributed by atoms with Gasteiger partial charge in [0.2, 0.25) is 0 Å². The van der Waals surface area contributed by atoms with E-state index in [0.29, 0.717) is 61.2 Å². The quantitative estimate of drug-likeness (QED) is 0.305. The molecule has 0 amide bonds. The fraction of sp³-hybridized carbons (Fsp3) is 0.535. The SMILES string of the molecule is CCCC1=C(C)C(=O)[C@](C)(CN2c3ccccc3[C@]3(O)CCO[C@H]23)C1=O.CCCCC1=C(C)C(=O)[C@@](C)(CN2c3ccccc3[C@]3(O)CCO[C@H]23)C1=O. The molecule has 53 heavy (non-hydrogen) atoms. The van der Waals surface area contributed by atoms with Crippen LogP contribution in [0.15, 0.2) is 70.8 Å². The zero-order valence-corrected chi connectivity index (χ0v) is 31.8. The molecule has 0 saturated carbocycles. The monoisotopic (exact) mass is 724 g/mol. The van der Waals surface area contributed by atoms with E-state index in [9.17, 15) is 29.4 Å². The van der Waals surface area contributed by atoms with E-state index in [0.717, 1.165) is 41.8 Å². The van der Waals surface area contributed by atoms with Gasteiger partial charge in [-0.15, -0.1) is 0 Å². The first-order valence-electron chi connectivity index (χ1n) is 19.2. The summed E-state index contributed by atoms with van der Waals surface area (Å²) in [5, 5.41) is 22.4. The van der Waals surface area contributed by atoms with Gasteiger partial charge in [-0.3, -0.25) is 19.2 Å². The molecule has 0 unspecified atom stereocenters. The molecular formula is C43H52N2O8. The average Bonchev–Trinajstić information content (AvgIpc) is 3.92. The Morgan fingerprint density at radius 1 is 0.642 bits per heavy atom. The van der Waals surface area contributed by atoms with Crippen LogP contribution < -0.4 is 9.80 Å². The molecule has 2 N–H and O–H groups in total. The summed E-state index contributed by atoms with van der Waals surface area (Å²) in [6, 6.07) is 15.3. The molecule has 282 valence electrons. The van der Waals surface area contributed by atoms with Crippen LogP contribution in [-0.2, 0) is 39.9 Å². The van der Waals surface area contributed by atoms with Gasteiger partial charge < -0.3 is 29.5 Å². The van der Waals surface area contributed by atoms with E-state index < -0.39 is 34.5 Å². The third kappa shape index (κ3) is 5.42. The Hall–Kier alpha value is -3.96. The fourth-order valence-corrected chi connectivity index (χ4v) is 9.66. The maximum absolute atomic E-state index is 13.2. The Morgan fingerprint density at radius 3 is 1.47 bits per heavy atom. The summed E-state index contributed by atoms with van der Waals surface area (Å²) in [5.74, 6) is -0.335. The van der Waals surface area contributed by atoms with Crippen LogP contribution >= 0.6 is 0 Å². The zero-order valence-electron chi connectivity index (χ0n) is 31.8. The number of carbonyl (C=O) groups excluding carboxylic acids is 4. The van der Waals surface area contributed by atoms with Crippen molar-refractivity contribution in [3.63, 3.8) is 0 Å². The molecule has 10 heteroatoms. The standard InChI is InChI=1S/C22H27NO4.C21H25NO4/c1-4-5-8-15-14(2)18(24)21(3,19(15)25)13-23-17-10-7-6-9-16(17)22(26)11-12-27-20(22)23;1-4-7-14-13(2)17(23)20(3,18(14)24)12-22-16-9-6-5-8-15(16)21(25)10-11-26-19(21)22/h6-7,9-10,20,26H,4-5,8,11-13H2,1-3H3;5-6,8-9,19,25H,4,7,10-12H2,1-3H3/t20-,21+,22+;19-,20-,21+/m00/s1. The van der Waals surface area contributed by atoms with Gasteiger partial charge in [0, 0.05) is 59.6 Å². The van der Waals surface area contributed by atoms with Crippen LogP contribution in [0.5, 0.6) is 0 Å². The van der Waals surface area contributed by atoms with Crippen LogP contribution in [0.2, 0.25) is 0 Å². The summed E-state index contributed by atoms with van der Waals surface area (Å²) in [5.41, 5.74) is 1.48. The predicted molar refractivity (Wildman–Crippen MR) is 200 cm³/mol. The first kappa shape index (κ1) is 37.4. The van der Waals surface area contributed by atoms with Crippen molar-refractivity contribution in [3.8, 4) is 0 Å². The predicted octanol–water partition coefficient (Wildman–Crippen LogP) is 5.82. The highest BCUT2D eigenvalue weighted by atomic mass is 16.5. The van der Waals surface area contributed by atoms with Crippen molar-refractivity contribution in [3.05, 3.63) is 82.0 Å².